The topological polar surface area (TPSA) is 136 Å². The first-order valence-corrected chi connectivity index (χ1v) is 14.5. The summed E-state index contributed by atoms with van der Waals surface area (Å²) in [4.78, 5) is 52.1. The Morgan fingerprint density at radius 1 is 0.976 bits per heavy atom. The lowest BCUT2D eigenvalue weighted by Crippen LogP contribution is -2.66. The molecule has 5 rings (SSSR count). The predicted octanol–water partition coefficient (Wildman–Crippen LogP) is 3.41. The van der Waals surface area contributed by atoms with Crippen molar-refractivity contribution < 1.29 is 43.6 Å². The fourth-order valence-electron chi connectivity index (χ4n) is 9.84. The van der Waals surface area contributed by atoms with E-state index in [4.69, 9.17) is 14.2 Å². The number of carbonyl (C=O) groups is 4. The minimum atomic E-state index is -1.50. The fraction of sp³-hybridized carbons (Fsp3) is 0.576. The van der Waals surface area contributed by atoms with Crippen LogP contribution in [0.25, 0.3) is 6.08 Å². The van der Waals surface area contributed by atoms with Gasteiger partial charge in [0.15, 0.2) is 0 Å². The van der Waals surface area contributed by atoms with Gasteiger partial charge in [-0.3, -0.25) is 14.4 Å². The standard InChI is InChI=1S/C33H40O9/c1-17-23(36)15-22-28(40-19(3)34)33-18(2)24(42-26(38)14-13-21-11-9-8-10-12-21)16-25(37)31(33,7)27(39)29(41-20(4)35)32(17,33)30(22,5)6/h8-14,17,22,24-25,27-29,37,39H,2,15-16H2,1,3-7H3/b14-13+/t17-,22+,24+,25+,27+,28-,29+,31+,32-,33-/m1/s1. The molecule has 1 aromatic rings. The molecule has 2 spiro atoms. The number of carbonyl (C=O) groups excluding carboxylic acids is 4. The number of benzene rings is 1. The van der Waals surface area contributed by atoms with Gasteiger partial charge in [-0.05, 0) is 22.6 Å². The molecule has 0 aromatic heterocycles. The largest absolute Gasteiger partial charge is 0.461 e. The normalized spacial score (nSPS) is 41.7. The molecular formula is C33H40O9. The first-order chi connectivity index (χ1) is 19.6. The first kappa shape index (κ1) is 30.2. The molecule has 4 saturated carbocycles. The van der Waals surface area contributed by atoms with Crippen molar-refractivity contribution in [2.24, 2.45) is 33.5 Å². The zero-order chi connectivity index (χ0) is 31.0. The molecular weight excluding hydrogens is 540 g/mol. The number of aliphatic hydroxyl groups is 2. The zero-order valence-corrected chi connectivity index (χ0v) is 25.0. The molecule has 226 valence electrons. The number of ketones is 1. The van der Waals surface area contributed by atoms with Crippen LogP contribution in [0.5, 0.6) is 0 Å². The molecule has 4 aliphatic carbocycles. The maximum atomic E-state index is 13.7. The van der Waals surface area contributed by atoms with Gasteiger partial charge in [0.2, 0.25) is 0 Å². The van der Waals surface area contributed by atoms with Crippen LogP contribution in [-0.2, 0) is 33.4 Å². The summed E-state index contributed by atoms with van der Waals surface area (Å²) in [5.74, 6) is -3.40. The van der Waals surface area contributed by atoms with E-state index in [-0.39, 0.29) is 18.6 Å². The van der Waals surface area contributed by atoms with Crippen LogP contribution < -0.4 is 0 Å². The molecule has 2 N–H and O–H groups in total. The van der Waals surface area contributed by atoms with Gasteiger partial charge in [0.1, 0.15) is 30.2 Å². The number of hydrogen-bond donors (Lipinski definition) is 2. The Labute approximate surface area is 245 Å². The molecule has 9 nitrogen and oxygen atoms in total. The molecule has 0 saturated heterocycles. The molecule has 0 heterocycles. The van der Waals surface area contributed by atoms with Gasteiger partial charge in [-0.2, -0.15) is 0 Å². The van der Waals surface area contributed by atoms with Gasteiger partial charge in [0.25, 0.3) is 0 Å². The number of esters is 3. The molecule has 1 aromatic carbocycles. The van der Waals surface area contributed by atoms with Gasteiger partial charge < -0.3 is 24.4 Å². The van der Waals surface area contributed by atoms with E-state index in [2.05, 4.69) is 6.58 Å². The molecule has 10 atom stereocenters. The van der Waals surface area contributed by atoms with E-state index < -0.39 is 81.9 Å². The van der Waals surface area contributed by atoms with E-state index >= 15 is 0 Å². The van der Waals surface area contributed by atoms with Gasteiger partial charge in [-0.1, -0.05) is 64.6 Å². The summed E-state index contributed by atoms with van der Waals surface area (Å²) < 4.78 is 18.0. The van der Waals surface area contributed by atoms with Crippen molar-refractivity contribution in [3.63, 3.8) is 0 Å². The molecule has 4 aliphatic rings. The summed E-state index contributed by atoms with van der Waals surface area (Å²) in [7, 11) is 0. The lowest BCUT2D eigenvalue weighted by Gasteiger charge is -2.61. The van der Waals surface area contributed by atoms with Crippen molar-refractivity contribution in [1.29, 1.82) is 0 Å². The van der Waals surface area contributed by atoms with E-state index in [1.54, 1.807) is 19.9 Å². The third kappa shape index (κ3) is 3.56. The molecule has 0 amide bonds. The third-order valence-electron chi connectivity index (χ3n) is 11.3. The van der Waals surface area contributed by atoms with Crippen molar-refractivity contribution in [3.05, 3.63) is 54.1 Å². The van der Waals surface area contributed by atoms with Gasteiger partial charge in [-0.25, -0.2) is 4.79 Å². The summed E-state index contributed by atoms with van der Waals surface area (Å²) in [6.07, 6.45) is -3.18. The maximum absolute atomic E-state index is 13.7. The fourth-order valence-corrected chi connectivity index (χ4v) is 9.84. The smallest absolute Gasteiger partial charge is 0.331 e. The van der Waals surface area contributed by atoms with E-state index in [1.807, 2.05) is 44.2 Å². The Bertz CT molecular complexity index is 1360. The molecule has 2 bridgehead atoms. The molecule has 0 radical (unpaired) electrons. The summed E-state index contributed by atoms with van der Waals surface area (Å²) in [5, 5.41) is 24.0. The second-order valence-corrected chi connectivity index (χ2v) is 13.1. The van der Waals surface area contributed by atoms with E-state index in [9.17, 15) is 29.4 Å². The van der Waals surface area contributed by atoms with Crippen LogP contribution >= 0.6 is 0 Å². The van der Waals surface area contributed by atoms with E-state index in [0.717, 1.165) is 5.56 Å². The summed E-state index contributed by atoms with van der Waals surface area (Å²) in [5.41, 5.74) is -4.09. The van der Waals surface area contributed by atoms with E-state index in [1.165, 1.54) is 19.9 Å². The van der Waals surface area contributed by atoms with Crippen molar-refractivity contribution in [1.82, 2.24) is 0 Å². The number of fused-ring (bicyclic) bond motifs is 1. The maximum Gasteiger partial charge on any atom is 0.331 e. The summed E-state index contributed by atoms with van der Waals surface area (Å²) in [6, 6.07) is 9.20. The number of rotatable bonds is 5. The van der Waals surface area contributed by atoms with Crippen molar-refractivity contribution in [3.8, 4) is 0 Å². The quantitative estimate of drug-likeness (QED) is 0.232. The molecule has 0 unspecified atom stereocenters. The van der Waals surface area contributed by atoms with Gasteiger partial charge in [0.05, 0.1) is 11.5 Å². The number of Topliss-reactive ketones (excluding diaryl/α,β-unsaturated/α-hetero) is 1. The zero-order valence-electron chi connectivity index (χ0n) is 25.0. The molecule has 0 aliphatic heterocycles. The highest BCUT2D eigenvalue weighted by atomic mass is 16.6. The average molecular weight is 581 g/mol. The van der Waals surface area contributed by atoms with Gasteiger partial charge in [-0.15, -0.1) is 0 Å². The SMILES string of the molecule is C=C1[C@@H](OC(=O)/C=C/c2ccccc2)C[C@H](O)[C@@]2(C)[C@@H](O)[C@H](OC(C)=O)[C@@]34[C@H](C)C(=O)C[C@@H]([C@@H](OC(C)=O)[C@]123)C4(C)C. The van der Waals surface area contributed by atoms with Crippen LogP contribution in [0.1, 0.15) is 59.9 Å². The van der Waals surface area contributed by atoms with Gasteiger partial charge >= 0.3 is 17.9 Å². The van der Waals surface area contributed by atoms with Crippen molar-refractivity contribution in [2.45, 2.75) is 84.9 Å². The summed E-state index contributed by atoms with van der Waals surface area (Å²) >= 11 is 0. The molecule has 9 heteroatoms. The van der Waals surface area contributed by atoms with Crippen LogP contribution in [0, 0.1) is 33.5 Å². The molecule has 4 fully saturated rings. The van der Waals surface area contributed by atoms with E-state index in [0.29, 0.717) is 5.57 Å². The Morgan fingerprint density at radius 3 is 2.17 bits per heavy atom. The van der Waals surface area contributed by atoms with Crippen LogP contribution in [0.2, 0.25) is 0 Å². The lowest BCUT2D eigenvalue weighted by atomic mass is 9.42. The number of aliphatic hydroxyl groups excluding tert-OH is 2. The minimum Gasteiger partial charge on any atom is -0.461 e. The summed E-state index contributed by atoms with van der Waals surface area (Å²) in [6.45, 7) is 14.2. The Kier molecular flexibility index (Phi) is 7.09. The highest BCUT2D eigenvalue weighted by Gasteiger charge is 2.93. The highest BCUT2D eigenvalue weighted by molar-refractivity contribution is 5.88. The highest BCUT2D eigenvalue weighted by Crippen LogP contribution is 2.86. The van der Waals surface area contributed by atoms with Crippen molar-refractivity contribution >= 4 is 29.8 Å². The Hall–Kier alpha value is -3.30. The van der Waals surface area contributed by atoms with Crippen LogP contribution in [0.4, 0.5) is 0 Å². The van der Waals surface area contributed by atoms with Crippen LogP contribution in [0.15, 0.2) is 48.6 Å². The van der Waals surface area contributed by atoms with Crippen LogP contribution in [-0.4, -0.2) is 64.4 Å². The second kappa shape index (κ2) is 9.88. The average Bonchev–Trinajstić information content (AvgIpc) is 3.15. The number of hydrogen-bond acceptors (Lipinski definition) is 9. The predicted molar refractivity (Wildman–Crippen MR) is 151 cm³/mol. The molecule has 42 heavy (non-hydrogen) atoms. The minimum absolute atomic E-state index is 0.0855. The third-order valence-corrected chi connectivity index (χ3v) is 11.3. The van der Waals surface area contributed by atoms with Gasteiger partial charge in [0, 0.05) is 55.4 Å². The van der Waals surface area contributed by atoms with Crippen LogP contribution in [0.3, 0.4) is 0 Å². The Balaban J connectivity index is 1.72. The van der Waals surface area contributed by atoms with Crippen molar-refractivity contribution in [2.75, 3.05) is 0 Å². The second-order valence-electron chi connectivity index (χ2n) is 13.1. The monoisotopic (exact) mass is 580 g/mol. The Morgan fingerprint density at radius 2 is 1.57 bits per heavy atom. The first-order valence-electron chi connectivity index (χ1n) is 14.5. The number of ether oxygens (including phenoxy) is 3. The lowest BCUT2D eigenvalue weighted by molar-refractivity contribution is -0.203.